The predicted octanol–water partition coefficient (Wildman–Crippen LogP) is 3.37. The smallest absolute Gasteiger partial charge is 0.293 e. The van der Waals surface area contributed by atoms with E-state index in [9.17, 15) is 9.59 Å². The molecule has 0 bridgehead atoms. The quantitative estimate of drug-likeness (QED) is 0.578. The molecule has 1 aliphatic carbocycles. The average Bonchev–Trinajstić information content (AvgIpc) is 2.39. The highest BCUT2D eigenvalue weighted by molar-refractivity contribution is 6.03. The van der Waals surface area contributed by atoms with Crippen molar-refractivity contribution in [2.24, 2.45) is 5.41 Å². The third-order valence-corrected chi connectivity index (χ3v) is 3.24. The van der Waals surface area contributed by atoms with Crippen molar-refractivity contribution in [1.29, 1.82) is 0 Å². The van der Waals surface area contributed by atoms with E-state index in [0.717, 1.165) is 30.4 Å². The molecule has 19 heavy (non-hydrogen) atoms. The first-order valence-corrected chi connectivity index (χ1v) is 6.58. The lowest BCUT2D eigenvalue weighted by atomic mass is 9.87. The molecule has 0 saturated carbocycles. The molecule has 1 aliphatic rings. The molecule has 0 atom stereocenters. The van der Waals surface area contributed by atoms with Crippen molar-refractivity contribution in [2.45, 2.75) is 40.0 Å². The molecule has 0 saturated heterocycles. The Bertz CT molecular complexity index is 425. The number of ether oxygens (including phenoxy) is 1. The molecule has 0 heterocycles. The first kappa shape index (κ1) is 15.4. The molecule has 0 aromatic carbocycles. The lowest BCUT2D eigenvalue weighted by Gasteiger charge is -2.18. The van der Waals surface area contributed by atoms with E-state index in [2.05, 4.69) is 19.9 Å². The molecule has 0 amide bonds. The van der Waals surface area contributed by atoms with Crippen LogP contribution in [0.2, 0.25) is 0 Å². The minimum Gasteiger partial charge on any atom is -0.463 e. The summed E-state index contributed by atoms with van der Waals surface area (Å²) in [6, 6.07) is 0. The molecule has 3 nitrogen and oxygen atoms in total. The summed E-state index contributed by atoms with van der Waals surface area (Å²) >= 11 is 0. The molecule has 0 aromatic heterocycles. The van der Waals surface area contributed by atoms with E-state index in [4.69, 9.17) is 4.74 Å². The molecule has 0 spiro atoms. The van der Waals surface area contributed by atoms with Gasteiger partial charge in [0.1, 0.15) is 6.61 Å². The molecule has 0 radical (unpaired) electrons. The molecular formula is C16H22O3. The highest BCUT2D eigenvalue weighted by atomic mass is 16.5. The Morgan fingerprint density at radius 3 is 2.79 bits per heavy atom. The van der Waals surface area contributed by atoms with Crippen LogP contribution < -0.4 is 0 Å². The van der Waals surface area contributed by atoms with E-state index < -0.39 is 0 Å². The van der Waals surface area contributed by atoms with Crippen LogP contribution in [0.25, 0.3) is 0 Å². The monoisotopic (exact) mass is 262 g/mol. The number of allylic oxidation sites excluding steroid dienone is 5. The maximum Gasteiger partial charge on any atom is 0.293 e. The number of rotatable bonds is 3. The van der Waals surface area contributed by atoms with Gasteiger partial charge in [0, 0.05) is 0 Å². The molecule has 0 aliphatic heterocycles. The van der Waals surface area contributed by atoms with Gasteiger partial charge in [-0.15, -0.1) is 0 Å². The second-order valence-electron chi connectivity index (χ2n) is 5.59. The highest BCUT2D eigenvalue weighted by Gasteiger charge is 2.14. The summed E-state index contributed by atoms with van der Waals surface area (Å²) in [6.07, 6.45) is 10.1. The Kier molecular flexibility index (Phi) is 5.74. The third kappa shape index (κ3) is 5.69. The SMILES string of the molecule is C/C1=C/CC/C(COC=O)=C\CC(C)(C)/C=C\C1=O. The van der Waals surface area contributed by atoms with Crippen LogP contribution in [0.3, 0.4) is 0 Å². The van der Waals surface area contributed by atoms with Crippen molar-refractivity contribution in [3.8, 4) is 0 Å². The van der Waals surface area contributed by atoms with Gasteiger partial charge < -0.3 is 4.74 Å². The highest BCUT2D eigenvalue weighted by Crippen LogP contribution is 2.25. The van der Waals surface area contributed by atoms with Crippen LogP contribution in [0.5, 0.6) is 0 Å². The van der Waals surface area contributed by atoms with Gasteiger partial charge in [-0.25, -0.2) is 0 Å². The summed E-state index contributed by atoms with van der Waals surface area (Å²) < 4.78 is 4.83. The average molecular weight is 262 g/mol. The van der Waals surface area contributed by atoms with E-state index in [1.165, 1.54) is 0 Å². The van der Waals surface area contributed by atoms with Crippen LogP contribution in [-0.4, -0.2) is 18.9 Å². The topological polar surface area (TPSA) is 43.4 Å². The standard InChI is InChI=1S/C16H22O3/c1-13-5-4-6-14(11-19-12-17)7-9-16(2,3)10-8-15(13)18/h5,7-8,10,12H,4,6,9,11H2,1-3H3/b10-8-,13-5-,14-7+. The Balaban J connectivity index is 2.91. The number of ketones is 1. The first-order valence-electron chi connectivity index (χ1n) is 6.58. The fourth-order valence-corrected chi connectivity index (χ4v) is 1.86. The number of carbonyl (C=O) groups is 2. The van der Waals surface area contributed by atoms with Crippen molar-refractivity contribution in [1.82, 2.24) is 0 Å². The van der Waals surface area contributed by atoms with Gasteiger partial charge in [-0.3, -0.25) is 9.59 Å². The molecule has 3 heteroatoms. The summed E-state index contributed by atoms with van der Waals surface area (Å²) in [7, 11) is 0. The van der Waals surface area contributed by atoms with Gasteiger partial charge in [-0.05, 0) is 48.8 Å². The van der Waals surface area contributed by atoms with Crippen molar-refractivity contribution in [3.05, 3.63) is 35.5 Å². The van der Waals surface area contributed by atoms with Crippen LogP contribution in [-0.2, 0) is 14.3 Å². The predicted molar refractivity (Wildman–Crippen MR) is 75.6 cm³/mol. The van der Waals surface area contributed by atoms with Crippen molar-refractivity contribution in [2.75, 3.05) is 6.61 Å². The maximum atomic E-state index is 11.8. The zero-order valence-electron chi connectivity index (χ0n) is 11.9. The lowest BCUT2D eigenvalue weighted by molar-refractivity contribution is -0.127. The maximum absolute atomic E-state index is 11.8. The zero-order chi connectivity index (χ0) is 14.3. The normalized spacial score (nSPS) is 27.2. The fraction of sp³-hybridized carbons (Fsp3) is 0.500. The second-order valence-corrected chi connectivity index (χ2v) is 5.59. The Labute approximate surface area is 115 Å². The van der Waals surface area contributed by atoms with Crippen molar-refractivity contribution in [3.63, 3.8) is 0 Å². The minimum atomic E-state index is -0.0767. The summed E-state index contributed by atoms with van der Waals surface area (Å²) in [5.41, 5.74) is 1.80. The Morgan fingerprint density at radius 2 is 2.11 bits per heavy atom. The molecule has 1 rings (SSSR count). The van der Waals surface area contributed by atoms with Gasteiger partial charge in [-0.2, -0.15) is 0 Å². The Morgan fingerprint density at radius 1 is 1.37 bits per heavy atom. The number of carbonyl (C=O) groups excluding carboxylic acids is 2. The molecule has 0 fully saturated rings. The van der Waals surface area contributed by atoms with Crippen LogP contribution in [0.1, 0.15) is 40.0 Å². The van der Waals surface area contributed by atoms with Gasteiger partial charge in [-0.1, -0.05) is 32.1 Å². The van der Waals surface area contributed by atoms with E-state index in [1.807, 2.05) is 19.1 Å². The molecule has 0 unspecified atom stereocenters. The van der Waals surface area contributed by atoms with Crippen LogP contribution in [0.15, 0.2) is 35.5 Å². The van der Waals surface area contributed by atoms with Gasteiger partial charge >= 0.3 is 0 Å². The third-order valence-electron chi connectivity index (χ3n) is 3.24. The van der Waals surface area contributed by atoms with Gasteiger partial charge in [0.25, 0.3) is 6.47 Å². The first-order chi connectivity index (χ1) is 8.94. The lowest BCUT2D eigenvalue weighted by Crippen LogP contribution is -2.08. The van der Waals surface area contributed by atoms with Gasteiger partial charge in [0.05, 0.1) is 0 Å². The summed E-state index contributed by atoms with van der Waals surface area (Å²) in [5.74, 6) is 0.0701. The van der Waals surface area contributed by atoms with Crippen molar-refractivity contribution < 1.29 is 14.3 Å². The van der Waals surface area contributed by atoms with Crippen LogP contribution in [0.4, 0.5) is 0 Å². The van der Waals surface area contributed by atoms with E-state index in [0.29, 0.717) is 13.1 Å². The Hall–Kier alpha value is -1.64. The molecule has 0 aromatic rings. The number of hydrogen-bond donors (Lipinski definition) is 0. The molecule has 0 N–H and O–H groups in total. The van der Waals surface area contributed by atoms with E-state index >= 15 is 0 Å². The summed E-state index contributed by atoms with van der Waals surface area (Å²) in [5, 5.41) is 0. The minimum absolute atomic E-state index is 0.0701. The number of hydrogen-bond acceptors (Lipinski definition) is 3. The largest absolute Gasteiger partial charge is 0.463 e. The summed E-state index contributed by atoms with van der Waals surface area (Å²) in [6.45, 7) is 6.82. The summed E-state index contributed by atoms with van der Waals surface area (Å²) in [4.78, 5) is 22.1. The second kappa shape index (κ2) is 7.07. The molecule has 104 valence electrons. The van der Waals surface area contributed by atoms with Crippen LogP contribution >= 0.6 is 0 Å². The van der Waals surface area contributed by atoms with E-state index in [-0.39, 0.29) is 11.2 Å². The fourth-order valence-electron chi connectivity index (χ4n) is 1.86. The van der Waals surface area contributed by atoms with Crippen molar-refractivity contribution >= 4 is 12.3 Å². The van der Waals surface area contributed by atoms with Gasteiger partial charge in [0.2, 0.25) is 0 Å². The van der Waals surface area contributed by atoms with Gasteiger partial charge in [0.15, 0.2) is 5.78 Å². The zero-order valence-corrected chi connectivity index (χ0v) is 11.9. The molecular weight excluding hydrogens is 240 g/mol. The van der Waals surface area contributed by atoms with Crippen LogP contribution in [0, 0.1) is 5.41 Å². The van der Waals surface area contributed by atoms with E-state index in [1.54, 1.807) is 6.08 Å².